The van der Waals surface area contributed by atoms with Crippen molar-refractivity contribution in [3.8, 4) is 11.5 Å². The van der Waals surface area contributed by atoms with Crippen LogP contribution < -0.4 is 9.47 Å². The van der Waals surface area contributed by atoms with Crippen LogP contribution in [0.15, 0.2) is 48.5 Å². The number of benzene rings is 2. The summed E-state index contributed by atoms with van der Waals surface area (Å²) in [6, 6.07) is 11.7. The number of hydrogen-bond donors (Lipinski definition) is 0. The van der Waals surface area contributed by atoms with E-state index < -0.39 is 30.4 Å². The van der Waals surface area contributed by atoms with Gasteiger partial charge in [0.2, 0.25) is 6.10 Å². The Morgan fingerprint density at radius 2 is 1.75 bits per heavy atom. The van der Waals surface area contributed by atoms with E-state index in [2.05, 4.69) is 0 Å². The van der Waals surface area contributed by atoms with Gasteiger partial charge in [0, 0.05) is 5.56 Å². The second-order valence-corrected chi connectivity index (χ2v) is 5.13. The summed E-state index contributed by atoms with van der Waals surface area (Å²) in [5.74, 6) is 0.117. The van der Waals surface area contributed by atoms with Gasteiger partial charge in [0.15, 0.2) is 11.5 Å². The highest BCUT2D eigenvalue weighted by Crippen LogP contribution is 2.33. The molecule has 24 heavy (non-hydrogen) atoms. The van der Waals surface area contributed by atoms with E-state index in [1.807, 2.05) is 0 Å². The zero-order valence-electron chi connectivity index (χ0n) is 12.4. The van der Waals surface area contributed by atoms with Gasteiger partial charge in [-0.3, -0.25) is 0 Å². The van der Waals surface area contributed by atoms with E-state index in [4.69, 9.17) is 14.2 Å². The van der Waals surface area contributed by atoms with Gasteiger partial charge < -0.3 is 14.2 Å². The van der Waals surface area contributed by atoms with Crippen LogP contribution in [-0.4, -0.2) is 18.7 Å². The molecule has 2 aromatic rings. The molecule has 0 unspecified atom stereocenters. The predicted molar refractivity (Wildman–Crippen MR) is 77.6 cm³/mol. The van der Waals surface area contributed by atoms with Crippen molar-refractivity contribution >= 4 is 5.97 Å². The molecule has 0 amide bonds. The summed E-state index contributed by atoms with van der Waals surface area (Å²) in [6.45, 7) is -0.549. The van der Waals surface area contributed by atoms with Gasteiger partial charge in [-0.15, -0.1) is 0 Å². The van der Waals surface area contributed by atoms with Crippen molar-refractivity contribution in [1.82, 2.24) is 0 Å². The summed E-state index contributed by atoms with van der Waals surface area (Å²) in [5, 5.41) is 0. The molecule has 2 aromatic carbocycles. The Balaban J connectivity index is 1.65. The van der Waals surface area contributed by atoms with Crippen LogP contribution >= 0.6 is 0 Å². The molecule has 0 aliphatic carbocycles. The predicted octanol–water partition coefficient (Wildman–Crippen LogP) is 3.59. The molecule has 1 aliphatic heterocycles. The van der Waals surface area contributed by atoms with Gasteiger partial charge in [0.05, 0.1) is 5.56 Å². The summed E-state index contributed by atoms with van der Waals surface area (Å²) in [7, 11) is 0. The Morgan fingerprint density at radius 3 is 2.50 bits per heavy atom. The number of hydrogen-bond acceptors (Lipinski definition) is 4. The molecule has 1 aliphatic rings. The molecular formula is C17H13F3O4. The fourth-order valence-electron chi connectivity index (χ4n) is 2.30. The van der Waals surface area contributed by atoms with Crippen LogP contribution in [0.5, 0.6) is 11.5 Å². The molecular weight excluding hydrogens is 325 g/mol. The SMILES string of the molecule is O=C(OCc1ccccc1C(F)(F)F)[C@@H]1COc2ccccc2O1. The van der Waals surface area contributed by atoms with E-state index in [-0.39, 0.29) is 12.2 Å². The van der Waals surface area contributed by atoms with Crippen LogP contribution in [0.4, 0.5) is 13.2 Å². The zero-order chi connectivity index (χ0) is 17.2. The molecule has 0 aromatic heterocycles. The highest BCUT2D eigenvalue weighted by Gasteiger charge is 2.34. The van der Waals surface area contributed by atoms with Gasteiger partial charge >= 0.3 is 12.1 Å². The zero-order valence-corrected chi connectivity index (χ0v) is 12.4. The summed E-state index contributed by atoms with van der Waals surface area (Å²) < 4.78 is 54.5. The maximum absolute atomic E-state index is 12.9. The second-order valence-electron chi connectivity index (χ2n) is 5.13. The molecule has 0 fully saturated rings. The minimum Gasteiger partial charge on any atom is -0.485 e. The minimum absolute atomic E-state index is 0.0588. The summed E-state index contributed by atoms with van der Waals surface area (Å²) in [4.78, 5) is 12.0. The Morgan fingerprint density at radius 1 is 1.08 bits per heavy atom. The first-order valence-electron chi connectivity index (χ1n) is 7.15. The molecule has 0 spiro atoms. The number of carbonyl (C=O) groups excluding carboxylic acids is 1. The number of halogens is 3. The van der Waals surface area contributed by atoms with E-state index in [1.165, 1.54) is 18.2 Å². The van der Waals surface area contributed by atoms with Crippen LogP contribution in [0.3, 0.4) is 0 Å². The topological polar surface area (TPSA) is 44.8 Å². The van der Waals surface area contributed by atoms with Crippen molar-refractivity contribution in [3.63, 3.8) is 0 Å². The number of fused-ring (bicyclic) bond motifs is 1. The molecule has 7 heteroatoms. The van der Waals surface area contributed by atoms with Gasteiger partial charge in [-0.2, -0.15) is 13.2 Å². The third-order valence-corrected chi connectivity index (χ3v) is 3.46. The number of para-hydroxylation sites is 2. The van der Waals surface area contributed by atoms with E-state index in [0.29, 0.717) is 11.5 Å². The van der Waals surface area contributed by atoms with Gasteiger partial charge in [0.1, 0.15) is 13.2 Å². The molecule has 0 saturated heterocycles. The molecule has 0 N–H and O–H groups in total. The Kier molecular flexibility index (Phi) is 4.33. The van der Waals surface area contributed by atoms with Gasteiger partial charge in [-0.1, -0.05) is 30.3 Å². The van der Waals surface area contributed by atoms with Gasteiger partial charge in [0.25, 0.3) is 0 Å². The molecule has 1 heterocycles. The monoisotopic (exact) mass is 338 g/mol. The fourth-order valence-corrected chi connectivity index (χ4v) is 2.30. The van der Waals surface area contributed by atoms with E-state index >= 15 is 0 Å². The first kappa shape index (κ1) is 16.2. The van der Waals surface area contributed by atoms with Crippen LogP contribution in [0.25, 0.3) is 0 Å². The Bertz CT molecular complexity index is 743. The molecule has 3 rings (SSSR count). The van der Waals surface area contributed by atoms with Crippen LogP contribution in [0.2, 0.25) is 0 Å². The van der Waals surface area contributed by atoms with Crippen LogP contribution in [-0.2, 0) is 22.3 Å². The van der Waals surface area contributed by atoms with Crippen molar-refractivity contribution < 1.29 is 32.2 Å². The molecule has 0 saturated carbocycles. The Hall–Kier alpha value is -2.70. The average Bonchev–Trinajstić information content (AvgIpc) is 2.58. The molecule has 1 atom stereocenters. The lowest BCUT2D eigenvalue weighted by Gasteiger charge is -2.25. The van der Waals surface area contributed by atoms with Crippen LogP contribution in [0.1, 0.15) is 11.1 Å². The highest BCUT2D eigenvalue weighted by atomic mass is 19.4. The quantitative estimate of drug-likeness (QED) is 0.803. The van der Waals surface area contributed by atoms with E-state index in [0.717, 1.165) is 6.07 Å². The van der Waals surface area contributed by atoms with Crippen molar-refractivity contribution in [2.45, 2.75) is 18.9 Å². The summed E-state index contributed by atoms with van der Waals surface area (Å²) in [6.07, 6.45) is -5.52. The highest BCUT2D eigenvalue weighted by molar-refractivity contribution is 5.76. The first-order chi connectivity index (χ1) is 11.4. The molecule has 0 radical (unpaired) electrons. The third-order valence-electron chi connectivity index (χ3n) is 3.46. The van der Waals surface area contributed by atoms with Crippen molar-refractivity contribution in [2.24, 2.45) is 0 Å². The number of ether oxygens (including phenoxy) is 3. The lowest BCUT2D eigenvalue weighted by atomic mass is 10.1. The van der Waals surface area contributed by atoms with Crippen molar-refractivity contribution in [1.29, 1.82) is 0 Å². The number of esters is 1. The smallest absolute Gasteiger partial charge is 0.416 e. The fraction of sp³-hybridized carbons (Fsp3) is 0.235. The van der Waals surface area contributed by atoms with Crippen molar-refractivity contribution in [2.75, 3.05) is 6.61 Å². The summed E-state index contributed by atoms with van der Waals surface area (Å²) >= 11 is 0. The maximum Gasteiger partial charge on any atom is 0.416 e. The molecule has 4 nitrogen and oxygen atoms in total. The number of rotatable bonds is 3. The van der Waals surface area contributed by atoms with Crippen LogP contribution in [0, 0.1) is 0 Å². The molecule has 0 bridgehead atoms. The number of alkyl halides is 3. The molecule has 126 valence electrons. The third kappa shape index (κ3) is 3.45. The summed E-state index contributed by atoms with van der Waals surface area (Å²) in [5.41, 5.74) is -0.945. The lowest BCUT2D eigenvalue weighted by molar-refractivity contribution is -0.157. The lowest BCUT2D eigenvalue weighted by Crippen LogP contribution is -2.37. The normalized spacial score (nSPS) is 16.5. The standard InChI is InChI=1S/C17H13F3O4/c18-17(19,20)12-6-2-1-5-11(12)9-23-16(21)15-10-22-13-7-3-4-8-14(13)24-15/h1-8,15H,9-10H2/t15-/m0/s1. The van der Waals surface area contributed by atoms with Gasteiger partial charge in [-0.25, -0.2) is 4.79 Å². The maximum atomic E-state index is 12.9. The van der Waals surface area contributed by atoms with E-state index in [1.54, 1.807) is 24.3 Å². The van der Waals surface area contributed by atoms with E-state index in [9.17, 15) is 18.0 Å². The minimum atomic E-state index is -4.51. The first-order valence-corrected chi connectivity index (χ1v) is 7.15. The average molecular weight is 338 g/mol. The second kappa shape index (κ2) is 6.43. The Labute approximate surface area is 135 Å². The number of carbonyl (C=O) groups is 1. The largest absolute Gasteiger partial charge is 0.485 e. The van der Waals surface area contributed by atoms with Crippen molar-refractivity contribution in [3.05, 3.63) is 59.7 Å². The van der Waals surface area contributed by atoms with Gasteiger partial charge in [-0.05, 0) is 18.2 Å².